The summed E-state index contributed by atoms with van der Waals surface area (Å²) in [6.45, 7) is 5.35. The van der Waals surface area contributed by atoms with Gasteiger partial charge in [-0.25, -0.2) is 13.1 Å². The molecule has 0 saturated heterocycles. The Hall–Kier alpha value is -2.73. The van der Waals surface area contributed by atoms with Crippen LogP contribution in [-0.2, 0) is 31.3 Å². The number of aryl methyl sites for hydroxylation is 1. The smallest absolute Gasteiger partial charge is 0.310 e. The van der Waals surface area contributed by atoms with Crippen LogP contribution < -0.4 is 4.18 Å². The third-order valence-electron chi connectivity index (χ3n) is 5.10. The number of nitrogens with zero attached hydrogens (tertiary/aromatic N) is 3. The average Bonchev–Trinajstić information content (AvgIpc) is 3.11. The molecule has 0 radical (unpaired) electrons. The average molecular weight is 484 g/mol. The number of hydrogen-bond acceptors (Lipinski definition) is 9. The lowest BCUT2D eigenvalue weighted by atomic mass is 9.93. The van der Waals surface area contributed by atoms with E-state index in [1.54, 1.807) is 20.8 Å². The third kappa shape index (κ3) is 4.42. The lowest BCUT2D eigenvalue weighted by molar-refractivity contribution is 0.103. The van der Waals surface area contributed by atoms with Gasteiger partial charge in [-0.05, 0) is 38.0 Å². The van der Waals surface area contributed by atoms with E-state index in [2.05, 4.69) is 10.3 Å². The molecule has 2 heterocycles. The number of carbonyl (C=O) groups excluding carboxylic acids is 1. The van der Waals surface area contributed by atoms with Gasteiger partial charge < -0.3 is 9.02 Å². The molecule has 0 amide bonds. The van der Waals surface area contributed by atoms with Gasteiger partial charge in [0.05, 0.1) is 28.3 Å². The van der Waals surface area contributed by atoms with Crippen LogP contribution in [0.1, 0.15) is 53.7 Å². The molecule has 0 unspecified atom stereocenters. The zero-order valence-corrected chi connectivity index (χ0v) is 19.9. The van der Waals surface area contributed by atoms with Gasteiger partial charge in [-0.1, -0.05) is 12.1 Å². The van der Waals surface area contributed by atoms with E-state index in [1.807, 2.05) is 0 Å². The van der Waals surface area contributed by atoms with Gasteiger partial charge in [0.25, 0.3) is 0 Å². The highest BCUT2D eigenvalue weighted by Crippen LogP contribution is 2.32. The van der Waals surface area contributed by atoms with Gasteiger partial charge in [0, 0.05) is 24.1 Å². The van der Waals surface area contributed by atoms with Gasteiger partial charge in [0.15, 0.2) is 15.6 Å². The summed E-state index contributed by atoms with van der Waals surface area (Å²) in [4.78, 5) is 18.4. The molecule has 0 aliphatic carbocycles. The molecule has 2 aromatic rings. The molecule has 0 fully saturated rings. The van der Waals surface area contributed by atoms with Crippen molar-refractivity contribution in [2.45, 2.75) is 45.1 Å². The molecule has 0 spiro atoms. The maximum atomic E-state index is 13.4. The second kappa shape index (κ2) is 9.02. The second-order valence-corrected chi connectivity index (χ2v) is 11.0. The lowest BCUT2D eigenvalue weighted by Crippen LogP contribution is -2.24. The van der Waals surface area contributed by atoms with Crippen LogP contribution in [0, 0.1) is 6.92 Å². The van der Waals surface area contributed by atoms with E-state index in [9.17, 15) is 21.6 Å². The van der Waals surface area contributed by atoms with Crippen molar-refractivity contribution in [1.29, 1.82) is 0 Å². The predicted octanol–water partition coefficient (Wildman–Crippen LogP) is 2.09. The summed E-state index contributed by atoms with van der Waals surface area (Å²) in [5.41, 5.74) is 1.32. The van der Waals surface area contributed by atoms with Gasteiger partial charge in [-0.15, -0.1) is 0 Å². The molecular weight excluding hydrogens is 458 g/mol. The number of fused-ring (bicyclic) bond motifs is 1. The van der Waals surface area contributed by atoms with Crippen molar-refractivity contribution in [2.24, 2.45) is 5.16 Å². The number of carbonyl (C=O) groups is 1. The standard InChI is InChI=1S/C20H25N3O7S2/c1-5-10-32(27,28)30-20-15(12-21-23(20)6-2)19(24)14-7-8-17-18(13(14)3)16(22-29-4)9-11-31(17,25)26/h7-8,12H,5-6,9-11H2,1-4H3. The topological polar surface area (TPSA) is 134 Å². The first-order valence-corrected chi connectivity index (χ1v) is 13.3. The molecule has 1 aromatic heterocycles. The van der Waals surface area contributed by atoms with E-state index in [0.29, 0.717) is 23.3 Å². The van der Waals surface area contributed by atoms with E-state index >= 15 is 0 Å². The van der Waals surface area contributed by atoms with E-state index < -0.39 is 25.7 Å². The lowest BCUT2D eigenvalue weighted by Gasteiger charge is -2.21. The first-order chi connectivity index (χ1) is 15.1. The van der Waals surface area contributed by atoms with Crippen LogP contribution in [0.25, 0.3) is 0 Å². The first kappa shape index (κ1) is 23.9. The molecule has 1 aromatic carbocycles. The minimum absolute atomic E-state index is 0.0292. The fourth-order valence-electron chi connectivity index (χ4n) is 3.62. The van der Waals surface area contributed by atoms with Crippen LogP contribution in [-0.4, -0.2) is 56.7 Å². The molecule has 0 saturated carbocycles. The Morgan fingerprint density at radius 3 is 2.59 bits per heavy atom. The molecule has 1 aliphatic rings. The molecule has 3 rings (SSSR count). The summed E-state index contributed by atoms with van der Waals surface area (Å²) in [6, 6.07) is 2.78. The number of benzene rings is 1. The Morgan fingerprint density at radius 2 is 1.97 bits per heavy atom. The fraction of sp³-hybridized carbons (Fsp3) is 0.450. The van der Waals surface area contributed by atoms with Crippen molar-refractivity contribution in [3.05, 3.63) is 40.6 Å². The number of ketones is 1. The minimum Gasteiger partial charge on any atom is -0.399 e. The van der Waals surface area contributed by atoms with Gasteiger partial charge >= 0.3 is 10.1 Å². The number of oxime groups is 1. The van der Waals surface area contributed by atoms with Crippen LogP contribution in [0.5, 0.6) is 5.88 Å². The maximum Gasteiger partial charge on any atom is 0.310 e. The molecule has 0 bridgehead atoms. The third-order valence-corrected chi connectivity index (χ3v) is 8.17. The molecule has 12 heteroatoms. The molecule has 32 heavy (non-hydrogen) atoms. The van der Waals surface area contributed by atoms with Gasteiger partial charge in [-0.2, -0.15) is 13.5 Å². The molecule has 0 N–H and O–H groups in total. The van der Waals surface area contributed by atoms with Crippen molar-refractivity contribution >= 4 is 31.5 Å². The van der Waals surface area contributed by atoms with Gasteiger partial charge in [0.2, 0.25) is 5.88 Å². The Labute approximate surface area is 187 Å². The van der Waals surface area contributed by atoms with Crippen molar-refractivity contribution in [3.63, 3.8) is 0 Å². The predicted molar refractivity (Wildman–Crippen MR) is 117 cm³/mol. The largest absolute Gasteiger partial charge is 0.399 e. The summed E-state index contributed by atoms with van der Waals surface area (Å²) >= 11 is 0. The minimum atomic E-state index is -3.91. The normalized spacial score (nSPS) is 16.6. The van der Waals surface area contributed by atoms with E-state index in [-0.39, 0.29) is 46.4 Å². The molecule has 0 atom stereocenters. The summed E-state index contributed by atoms with van der Waals surface area (Å²) in [7, 11) is -6.08. The zero-order valence-electron chi connectivity index (χ0n) is 18.3. The van der Waals surface area contributed by atoms with E-state index in [1.165, 1.54) is 30.1 Å². The van der Waals surface area contributed by atoms with Gasteiger partial charge in [-0.3, -0.25) is 4.79 Å². The summed E-state index contributed by atoms with van der Waals surface area (Å²) in [5, 5.41) is 8.03. The Kier molecular flexibility index (Phi) is 6.75. The van der Waals surface area contributed by atoms with Crippen LogP contribution >= 0.6 is 0 Å². The molecule has 174 valence electrons. The second-order valence-electron chi connectivity index (χ2n) is 7.25. The molecule has 10 nitrogen and oxygen atoms in total. The maximum absolute atomic E-state index is 13.4. The summed E-state index contributed by atoms with van der Waals surface area (Å²) < 4.78 is 56.1. The van der Waals surface area contributed by atoms with E-state index in [4.69, 9.17) is 9.02 Å². The highest BCUT2D eigenvalue weighted by molar-refractivity contribution is 7.91. The Morgan fingerprint density at radius 1 is 1.25 bits per heavy atom. The van der Waals surface area contributed by atoms with Gasteiger partial charge in [0.1, 0.15) is 12.7 Å². The number of sulfone groups is 1. The van der Waals surface area contributed by atoms with Crippen molar-refractivity contribution < 1.29 is 30.7 Å². The Bertz CT molecular complexity index is 1290. The van der Waals surface area contributed by atoms with Crippen LogP contribution in [0.3, 0.4) is 0 Å². The quantitative estimate of drug-likeness (QED) is 0.316. The highest BCUT2D eigenvalue weighted by atomic mass is 32.2. The van der Waals surface area contributed by atoms with Crippen LogP contribution in [0.2, 0.25) is 0 Å². The van der Waals surface area contributed by atoms with Crippen LogP contribution in [0.4, 0.5) is 0 Å². The van der Waals surface area contributed by atoms with Crippen molar-refractivity contribution in [1.82, 2.24) is 9.78 Å². The molecule has 1 aliphatic heterocycles. The van der Waals surface area contributed by atoms with E-state index in [0.717, 1.165) is 0 Å². The van der Waals surface area contributed by atoms with Crippen LogP contribution in [0.15, 0.2) is 28.4 Å². The Balaban J connectivity index is 2.15. The fourth-order valence-corrected chi connectivity index (χ4v) is 6.16. The zero-order chi connectivity index (χ0) is 23.7. The monoisotopic (exact) mass is 483 g/mol. The number of aromatic nitrogens is 2. The summed E-state index contributed by atoms with van der Waals surface area (Å²) in [6.07, 6.45) is 1.76. The SMILES string of the molecule is CCCS(=O)(=O)Oc1c(C(=O)c2ccc3c(c2C)C(=NOC)CCS3(=O)=O)cnn1CC. The number of hydrogen-bond donors (Lipinski definition) is 0. The highest BCUT2D eigenvalue weighted by Gasteiger charge is 2.33. The molecular formula is C20H25N3O7S2. The van der Waals surface area contributed by atoms with Crippen molar-refractivity contribution in [2.75, 3.05) is 18.6 Å². The number of rotatable bonds is 8. The first-order valence-electron chi connectivity index (χ1n) is 10.1. The summed E-state index contributed by atoms with van der Waals surface area (Å²) in [5.74, 6) is -1.01. The van der Waals surface area contributed by atoms with Crippen molar-refractivity contribution in [3.8, 4) is 5.88 Å².